The maximum atomic E-state index is 12.9. The average molecular weight is 297 g/mol. The lowest BCUT2D eigenvalue weighted by Crippen LogP contribution is -2.53. The second-order valence-corrected chi connectivity index (χ2v) is 5.61. The predicted octanol–water partition coefficient (Wildman–Crippen LogP) is 2.25. The van der Waals surface area contributed by atoms with Gasteiger partial charge in [0.15, 0.2) is 0 Å². The van der Waals surface area contributed by atoms with Crippen LogP contribution < -0.4 is 0 Å². The highest BCUT2D eigenvalue weighted by molar-refractivity contribution is 5.94. The first-order chi connectivity index (χ1) is 10.1. The number of Topliss-reactive ketones (excluding diaryl/α,β-unsaturated/α-hetero) is 1. The Morgan fingerprint density at radius 2 is 2.10 bits per heavy atom. The number of hydrogen-bond acceptors (Lipinski definition) is 3. The number of carbonyl (C=O) groups is 2. The summed E-state index contributed by atoms with van der Waals surface area (Å²) in [7, 11) is 0. The molecular formula is C14H17F2N3O2. The van der Waals surface area contributed by atoms with Crippen molar-refractivity contribution in [2.45, 2.75) is 44.7 Å². The quantitative estimate of drug-likeness (QED) is 0.841. The van der Waals surface area contributed by atoms with Gasteiger partial charge in [-0.2, -0.15) is 18.6 Å². The first kappa shape index (κ1) is 14.2. The van der Waals surface area contributed by atoms with E-state index in [1.54, 1.807) is 4.90 Å². The third-order valence-corrected chi connectivity index (χ3v) is 4.48. The molecule has 3 rings (SSSR count). The second-order valence-electron chi connectivity index (χ2n) is 5.61. The minimum Gasteiger partial charge on any atom is -0.333 e. The molecule has 0 N–H and O–H groups in total. The summed E-state index contributed by atoms with van der Waals surface area (Å²) in [6.07, 6.45) is 5.03. The van der Waals surface area contributed by atoms with Crippen molar-refractivity contribution in [3.05, 3.63) is 18.0 Å². The van der Waals surface area contributed by atoms with Gasteiger partial charge in [-0.3, -0.25) is 9.59 Å². The summed E-state index contributed by atoms with van der Waals surface area (Å²) in [6, 6.07) is 1.16. The van der Waals surface area contributed by atoms with Gasteiger partial charge in [0.1, 0.15) is 11.5 Å². The summed E-state index contributed by atoms with van der Waals surface area (Å²) in [5, 5.41) is 3.50. The highest BCUT2D eigenvalue weighted by Gasteiger charge is 2.41. The minimum absolute atomic E-state index is 0.108. The molecule has 0 bridgehead atoms. The fourth-order valence-electron chi connectivity index (χ4n) is 3.48. The van der Waals surface area contributed by atoms with Crippen molar-refractivity contribution in [2.24, 2.45) is 5.92 Å². The molecule has 2 atom stereocenters. The Hall–Kier alpha value is -1.79. The molecule has 1 saturated heterocycles. The Morgan fingerprint density at radius 3 is 2.86 bits per heavy atom. The van der Waals surface area contributed by atoms with Gasteiger partial charge in [0.25, 0.3) is 5.91 Å². The number of carbonyl (C=O) groups excluding carboxylic acids is 2. The number of halogens is 2. The number of alkyl halides is 2. The lowest BCUT2D eigenvalue weighted by atomic mass is 9.77. The average Bonchev–Trinajstić information content (AvgIpc) is 2.97. The fraction of sp³-hybridized carbons (Fsp3) is 0.643. The zero-order valence-corrected chi connectivity index (χ0v) is 11.5. The summed E-state index contributed by atoms with van der Waals surface area (Å²) >= 11 is 0. The van der Waals surface area contributed by atoms with Gasteiger partial charge in [0.2, 0.25) is 0 Å². The van der Waals surface area contributed by atoms with E-state index in [-0.39, 0.29) is 23.4 Å². The number of aromatic nitrogens is 2. The first-order valence-electron chi connectivity index (χ1n) is 7.25. The molecule has 2 heterocycles. The maximum absolute atomic E-state index is 12.9. The van der Waals surface area contributed by atoms with Gasteiger partial charge in [0, 0.05) is 31.1 Å². The molecule has 114 valence electrons. The van der Waals surface area contributed by atoms with Gasteiger partial charge in [-0.25, -0.2) is 0 Å². The molecule has 0 unspecified atom stereocenters. The Balaban J connectivity index is 1.86. The van der Waals surface area contributed by atoms with Crippen molar-refractivity contribution in [3.8, 4) is 0 Å². The van der Waals surface area contributed by atoms with Crippen molar-refractivity contribution in [1.29, 1.82) is 0 Å². The molecular weight excluding hydrogens is 280 g/mol. The highest BCUT2D eigenvalue weighted by atomic mass is 19.3. The molecule has 0 aromatic carbocycles. The smallest absolute Gasteiger partial charge is 0.333 e. The van der Waals surface area contributed by atoms with Gasteiger partial charge in [-0.1, -0.05) is 12.8 Å². The van der Waals surface area contributed by atoms with Crippen LogP contribution in [0.25, 0.3) is 0 Å². The highest BCUT2D eigenvalue weighted by Crippen LogP contribution is 2.34. The molecule has 1 aromatic rings. The standard InChI is InChI=1S/C14H17F2N3O2/c15-14(16)19-11(5-7-17-19)13(21)18-8-6-12(20)9-3-1-2-4-10(9)18/h5,7,9-10,14H,1-4,6,8H2/t9-,10-/m1/s1. The molecule has 5 nitrogen and oxygen atoms in total. The van der Waals surface area contributed by atoms with Crippen LogP contribution in [0, 0.1) is 5.92 Å². The van der Waals surface area contributed by atoms with Gasteiger partial charge in [-0.15, -0.1) is 0 Å². The number of ketones is 1. The molecule has 2 fully saturated rings. The van der Waals surface area contributed by atoms with Crippen LogP contribution in [-0.2, 0) is 4.79 Å². The van der Waals surface area contributed by atoms with E-state index in [1.807, 2.05) is 0 Å². The zero-order chi connectivity index (χ0) is 15.0. The molecule has 0 radical (unpaired) electrons. The van der Waals surface area contributed by atoms with E-state index in [2.05, 4.69) is 5.10 Å². The summed E-state index contributed by atoms with van der Waals surface area (Å²) in [5.41, 5.74) is -0.108. The lowest BCUT2D eigenvalue weighted by molar-refractivity contribution is -0.129. The Morgan fingerprint density at radius 1 is 1.33 bits per heavy atom. The van der Waals surface area contributed by atoms with E-state index < -0.39 is 12.5 Å². The molecule has 1 amide bonds. The van der Waals surface area contributed by atoms with E-state index in [0.29, 0.717) is 17.6 Å². The minimum atomic E-state index is -2.84. The lowest BCUT2D eigenvalue weighted by Gasteiger charge is -2.43. The molecule has 7 heteroatoms. The third-order valence-electron chi connectivity index (χ3n) is 4.48. The van der Waals surface area contributed by atoms with Crippen LogP contribution >= 0.6 is 0 Å². The van der Waals surface area contributed by atoms with E-state index in [9.17, 15) is 18.4 Å². The number of fused-ring (bicyclic) bond motifs is 1. The summed E-state index contributed by atoms with van der Waals surface area (Å²) in [4.78, 5) is 26.1. The normalized spacial score (nSPS) is 26.0. The molecule has 2 aliphatic rings. The van der Waals surface area contributed by atoms with E-state index in [0.717, 1.165) is 25.7 Å². The molecule has 1 aromatic heterocycles. The van der Waals surface area contributed by atoms with Gasteiger partial charge in [0.05, 0.1) is 0 Å². The summed E-state index contributed by atoms with van der Waals surface area (Å²) in [5.74, 6) is -0.373. The SMILES string of the molecule is O=C1CCN(C(=O)c2ccnn2C(F)F)[C@@H]2CCCC[C@@H]12. The number of piperidine rings is 1. The van der Waals surface area contributed by atoms with Crippen LogP contribution in [0.3, 0.4) is 0 Å². The Labute approximate surface area is 120 Å². The number of nitrogens with zero attached hydrogens (tertiary/aromatic N) is 3. The van der Waals surface area contributed by atoms with Crippen LogP contribution in [0.4, 0.5) is 8.78 Å². The van der Waals surface area contributed by atoms with Crippen molar-refractivity contribution in [1.82, 2.24) is 14.7 Å². The molecule has 21 heavy (non-hydrogen) atoms. The van der Waals surface area contributed by atoms with Gasteiger partial charge in [-0.05, 0) is 18.9 Å². The number of hydrogen-bond donors (Lipinski definition) is 0. The first-order valence-corrected chi connectivity index (χ1v) is 7.25. The van der Waals surface area contributed by atoms with Crippen LogP contribution in [0.2, 0.25) is 0 Å². The molecule has 1 aliphatic carbocycles. The monoisotopic (exact) mass is 297 g/mol. The van der Waals surface area contributed by atoms with Crippen LogP contribution in [-0.4, -0.2) is 39.0 Å². The number of likely N-dealkylation sites (tertiary alicyclic amines) is 1. The van der Waals surface area contributed by atoms with Crippen LogP contribution in [0.5, 0.6) is 0 Å². The second kappa shape index (κ2) is 5.54. The maximum Gasteiger partial charge on any atom is 0.333 e. The fourth-order valence-corrected chi connectivity index (χ4v) is 3.48. The zero-order valence-electron chi connectivity index (χ0n) is 11.5. The summed E-state index contributed by atoms with van der Waals surface area (Å²) in [6.45, 7) is -2.53. The van der Waals surface area contributed by atoms with E-state index in [1.165, 1.54) is 12.3 Å². The molecule has 0 spiro atoms. The van der Waals surface area contributed by atoms with Crippen molar-refractivity contribution in [3.63, 3.8) is 0 Å². The van der Waals surface area contributed by atoms with Gasteiger partial charge < -0.3 is 4.90 Å². The van der Waals surface area contributed by atoms with Crippen molar-refractivity contribution >= 4 is 11.7 Å². The van der Waals surface area contributed by atoms with Crippen molar-refractivity contribution in [2.75, 3.05) is 6.54 Å². The number of amides is 1. The Bertz CT molecular complexity index is 558. The Kier molecular flexibility index (Phi) is 3.73. The van der Waals surface area contributed by atoms with Crippen LogP contribution in [0.1, 0.15) is 49.1 Å². The summed E-state index contributed by atoms with van der Waals surface area (Å²) < 4.78 is 26.2. The van der Waals surface area contributed by atoms with E-state index in [4.69, 9.17) is 0 Å². The third kappa shape index (κ3) is 2.45. The number of rotatable bonds is 2. The molecule has 1 saturated carbocycles. The van der Waals surface area contributed by atoms with Crippen LogP contribution in [0.15, 0.2) is 12.3 Å². The largest absolute Gasteiger partial charge is 0.333 e. The van der Waals surface area contributed by atoms with Crippen molar-refractivity contribution < 1.29 is 18.4 Å². The van der Waals surface area contributed by atoms with Gasteiger partial charge >= 0.3 is 6.55 Å². The van der Waals surface area contributed by atoms with E-state index >= 15 is 0 Å². The molecule has 1 aliphatic heterocycles. The topological polar surface area (TPSA) is 55.2 Å². The predicted molar refractivity (Wildman–Crippen MR) is 69.9 cm³/mol.